The van der Waals surface area contributed by atoms with Gasteiger partial charge in [-0.05, 0) is 19.4 Å². The van der Waals surface area contributed by atoms with Gasteiger partial charge >= 0.3 is 0 Å². The van der Waals surface area contributed by atoms with Gasteiger partial charge in [-0.2, -0.15) is 9.36 Å². The van der Waals surface area contributed by atoms with Crippen LogP contribution in [0.2, 0.25) is 0 Å². The van der Waals surface area contributed by atoms with Gasteiger partial charge < -0.3 is 10.1 Å². The first-order valence-electron chi connectivity index (χ1n) is 5.77. The third-order valence-electron chi connectivity index (χ3n) is 2.60. The average molecular weight is 241 g/mol. The SMILES string of the molecule is CC(C)(C)c1nsc(OC2CCCNC2)n1. The van der Waals surface area contributed by atoms with E-state index in [9.17, 15) is 0 Å². The molecule has 0 radical (unpaired) electrons. The fourth-order valence-electron chi connectivity index (χ4n) is 1.63. The highest BCUT2D eigenvalue weighted by Crippen LogP contribution is 2.25. The van der Waals surface area contributed by atoms with Gasteiger partial charge in [-0.3, -0.25) is 0 Å². The minimum absolute atomic E-state index is 0.00290. The number of nitrogens with one attached hydrogen (secondary N) is 1. The Hall–Kier alpha value is -0.680. The van der Waals surface area contributed by atoms with E-state index < -0.39 is 0 Å². The van der Waals surface area contributed by atoms with Crippen LogP contribution in [0.25, 0.3) is 0 Å². The highest BCUT2D eigenvalue weighted by atomic mass is 32.1. The van der Waals surface area contributed by atoms with Gasteiger partial charge in [-0.25, -0.2) is 0 Å². The molecule has 1 aromatic rings. The molecule has 0 amide bonds. The smallest absolute Gasteiger partial charge is 0.293 e. The Bertz CT molecular complexity index is 339. The molecule has 1 aliphatic heterocycles. The van der Waals surface area contributed by atoms with Gasteiger partial charge in [0.25, 0.3) is 5.19 Å². The number of rotatable bonds is 2. The van der Waals surface area contributed by atoms with E-state index in [0.29, 0.717) is 5.19 Å². The summed E-state index contributed by atoms with van der Waals surface area (Å²) in [6, 6.07) is 0. The quantitative estimate of drug-likeness (QED) is 0.860. The predicted molar refractivity (Wildman–Crippen MR) is 65.1 cm³/mol. The maximum atomic E-state index is 5.81. The van der Waals surface area contributed by atoms with Gasteiger partial charge in [0, 0.05) is 23.5 Å². The summed E-state index contributed by atoms with van der Waals surface area (Å²) in [5, 5.41) is 4.03. The molecule has 4 nitrogen and oxygen atoms in total. The van der Waals surface area contributed by atoms with Crippen LogP contribution in [0.4, 0.5) is 0 Å². The molecule has 0 aromatic carbocycles. The Morgan fingerprint density at radius 3 is 2.81 bits per heavy atom. The second-order valence-corrected chi connectivity index (χ2v) is 5.93. The Kier molecular flexibility index (Phi) is 3.44. The third kappa shape index (κ3) is 2.92. The number of ether oxygens (including phenoxy) is 1. The van der Waals surface area contributed by atoms with E-state index in [1.54, 1.807) is 0 Å². The molecule has 0 spiro atoms. The van der Waals surface area contributed by atoms with Gasteiger partial charge in [0.2, 0.25) is 0 Å². The molecule has 0 aliphatic carbocycles. The molecule has 16 heavy (non-hydrogen) atoms. The predicted octanol–water partition coefficient (Wildman–Crippen LogP) is 1.97. The first kappa shape index (κ1) is 11.8. The summed E-state index contributed by atoms with van der Waals surface area (Å²) in [6.07, 6.45) is 2.54. The van der Waals surface area contributed by atoms with Gasteiger partial charge in [0.1, 0.15) is 6.10 Å². The van der Waals surface area contributed by atoms with Crippen LogP contribution in [0, 0.1) is 0 Å². The van der Waals surface area contributed by atoms with Gasteiger partial charge in [0.15, 0.2) is 5.82 Å². The van der Waals surface area contributed by atoms with Gasteiger partial charge in [-0.1, -0.05) is 20.8 Å². The maximum Gasteiger partial charge on any atom is 0.293 e. The highest BCUT2D eigenvalue weighted by Gasteiger charge is 2.22. The van der Waals surface area contributed by atoms with Gasteiger partial charge in [0.05, 0.1) is 0 Å². The lowest BCUT2D eigenvalue weighted by atomic mass is 9.96. The summed E-state index contributed by atoms with van der Waals surface area (Å²) in [6.45, 7) is 8.36. The minimum atomic E-state index is 0.00290. The van der Waals surface area contributed by atoms with E-state index in [4.69, 9.17) is 4.74 Å². The lowest BCUT2D eigenvalue weighted by Gasteiger charge is -2.22. The maximum absolute atomic E-state index is 5.81. The molecule has 5 heteroatoms. The van der Waals surface area contributed by atoms with Crippen LogP contribution < -0.4 is 10.1 Å². The molecule has 1 atom stereocenters. The van der Waals surface area contributed by atoms with Crippen LogP contribution >= 0.6 is 11.5 Å². The van der Waals surface area contributed by atoms with E-state index in [1.165, 1.54) is 18.0 Å². The number of hydrogen-bond donors (Lipinski definition) is 1. The number of aromatic nitrogens is 2. The van der Waals surface area contributed by atoms with Crippen molar-refractivity contribution >= 4 is 11.5 Å². The first-order chi connectivity index (χ1) is 7.55. The molecule has 0 saturated carbocycles. The Morgan fingerprint density at radius 2 is 2.25 bits per heavy atom. The van der Waals surface area contributed by atoms with Crippen LogP contribution in [0.1, 0.15) is 39.4 Å². The van der Waals surface area contributed by atoms with Crippen LogP contribution in [0.5, 0.6) is 5.19 Å². The van der Waals surface area contributed by atoms with Crippen molar-refractivity contribution in [2.45, 2.75) is 45.1 Å². The minimum Gasteiger partial charge on any atom is -0.464 e. The summed E-state index contributed by atoms with van der Waals surface area (Å²) in [5.74, 6) is 0.872. The van der Waals surface area contributed by atoms with E-state index in [-0.39, 0.29) is 11.5 Å². The van der Waals surface area contributed by atoms with Crippen molar-refractivity contribution in [2.24, 2.45) is 0 Å². The fraction of sp³-hybridized carbons (Fsp3) is 0.818. The fourth-order valence-corrected chi connectivity index (χ4v) is 2.41. The van der Waals surface area contributed by atoms with Crippen LogP contribution in [0.3, 0.4) is 0 Å². The molecule has 90 valence electrons. The Labute approximate surface area is 101 Å². The summed E-state index contributed by atoms with van der Waals surface area (Å²) in [5.41, 5.74) is 0.00290. The van der Waals surface area contributed by atoms with E-state index in [0.717, 1.165) is 25.3 Å². The normalized spacial score (nSPS) is 22.1. The molecule has 1 saturated heterocycles. The molecule has 2 heterocycles. The molecule has 1 N–H and O–H groups in total. The lowest BCUT2D eigenvalue weighted by molar-refractivity contribution is 0.166. The van der Waals surface area contributed by atoms with Crippen molar-refractivity contribution < 1.29 is 4.74 Å². The number of nitrogens with zero attached hydrogens (tertiary/aromatic N) is 2. The zero-order chi connectivity index (χ0) is 11.6. The van der Waals surface area contributed by atoms with Crippen molar-refractivity contribution in [3.05, 3.63) is 5.82 Å². The standard InChI is InChI=1S/C11H19N3OS/c1-11(2,3)9-13-10(16-14-9)15-8-5-4-6-12-7-8/h8,12H,4-7H2,1-3H3. The van der Waals surface area contributed by atoms with Crippen molar-refractivity contribution in [2.75, 3.05) is 13.1 Å². The monoisotopic (exact) mass is 241 g/mol. The van der Waals surface area contributed by atoms with Crippen molar-refractivity contribution in [1.82, 2.24) is 14.7 Å². The summed E-state index contributed by atoms with van der Waals surface area (Å²) >= 11 is 1.36. The first-order valence-corrected chi connectivity index (χ1v) is 6.54. The molecule has 0 bridgehead atoms. The Balaban J connectivity index is 1.97. The van der Waals surface area contributed by atoms with E-state index in [1.807, 2.05) is 0 Å². The van der Waals surface area contributed by atoms with Crippen molar-refractivity contribution in [1.29, 1.82) is 0 Å². The van der Waals surface area contributed by atoms with E-state index in [2.05, 4.69) is 35.4 Å². The largest absolute Gasteiger partial charge is 0.464 e. The molecule has 1 aromatic heterocycles. The topological polar surface area (TPSA) is 47.0 Å². The molecule has 1 fully saturated rings. The summed E-state index contributed by atoms with van der Waals surface area (Å²) in [4.78, 5) is 4.43. The zero-order valence-electron chi connectivity index (χ0n) is 10.1. The highest BCUT2D eigenvalue weighted by molar-refractivity contribution is 7.07. The second-order valence-electron chi connectivity index (χ2n) is 5.22. The molecular weight excluding hydrogens is 222 g/mol. The zero-order valence-corrected chi connectivity index (χ0v) is 10.9. The molecule has 1 unspecified atom stereocenters. The molecule has 2 rings (SSSR count). The van der Waals surface area contributed by atoms with Crippen LogP contribution in [-0.4, -0.2) is 28.6 Å². The molecular formula is C11H19N3OS. The summed E-state index contributed by atoms with van der Waals surface area (Å²) < 4.78 is 10.2. The molecule has 1 aliphatic rings. The Morgan fingerprint density at radius 1 is 1.44 bits per heavy atom. The second kappa shape index (κ2) is 4.67. The van der Waals surface area contributed by atoms with Crippen LogP contribution in [-0.2, 0) is 5.41 Å². The summed E-state index contributed by atoms with van der Waals surface area (Å²) in [7, 11) is 0. The van der Waals surface area contributed by atoms with E-state index >= 15 is 0 Å². The average Bonchev–Trinajstić information content (AvgIpc) is 2.67. The number of hydrogen-bond acceptors (Lipinski definition) is 5. The van der Waals surface area contributed by atoms with Crippen LogP contribution in [0.15, 0.2) is 0 Å². The third-order valence-corrected chi connectivity index (χ3v) is 3.21. The van der Waals surface area contributed by atoms with Gasteiger partial charge in [-0.15, -0.1) is 0 Å². The number of piperidine rings is 1. The van der Waals surface area contributed by atoms with Crippen molar-refractivity contribution in [3.63, 3.8) is 0 Å². The lowest BCUT2D eigenvalue weighted by Crippen LogP contribution is -2.37. The van der Waals surface area contributed by atoms with Crippen molar-refractivity contribution in [3.8, 4) is 5.19 Å².